The van der Waals surface area contributed by atoms with Crippen molar-refractivity contribution in [2.75, 3.05) is 6.54 Å². The van der Waals surface area contributed by atoms with E-state index in [4.69, 9.17) is 0 Å². The molecule has 0 aliphatic carbocycles. The van der Waals surface area contributed by atoms with Crippen LogP contribution in [-0.4, -0.2) is 18.8 Å². The Balaban J connectivity index is -0.000000117. The summed E-state index contributed by atoms with van der Waals surface area (Å²) in [6, 6.07) is 0.116. The van der Waals surface area contributed by atoms with Gasteiger partial charge in [-0.05, 0) is 6.92 Å². The fourth-order valence-corrected chi connectivity index (χ4v) is 0.443. The van der Waals surface area contributed by atoms with Crippen LogP contribution in [0.15, 0.2) is 13.2 Å². The number of nitrogens with one attached hydrogen (secondary N) is 1. The van der Waals surface area contributed by atoms with Gasteiger partial charge >= 0.3 is 0 Å². The Kier molecular flexibility index (Phi) is 24.9. The van der Waals surface area contributed by atoms with E-state index in [-0.39, 0.29) is 6.04 Å². The van der Waals surface area contributed by atoms with Gasteiger partial charge in [0.25, 0.3) is 0 Å². The van der Waals surface area contributed by atoms with Gasteiger partial charge in [0.1, 0.15) is 6.17 Å². The van der Waals surface area contributed by atoms with Crippen LogP contribution in [0.4, 0.5) is 4.39 Å². The van der Waals surface area contributed by atoms with Crippen LogP contribution in [0.2, 0.25) is 0 Å². The van der Waals surface area contributed by atoms with Gasteiger partial charge in [0, 0.05) is 12.6 Å². The van der Waals surface area contributed by atoms with Crippen LogP contribution in [0.25, 0.3) is 0 Å². The van der Waals surface area contributed by atoms with Gasteiger partial charge < -0.3 is 5.32 Å². The number of halogens is 1. The molecule has 0 bridgehead atoms. The highest BCUT2D eigenvalue weighted by Crippen LogP contribution is 2.05. The van der Waals surface area contributed by atoms with E-state index in [0.717, 1.165) is 0 Å². The Morgan fingerprint density at radius 3 is 1.42 bits per heavy atom. The van der Waals surface area contributed by atoms with Crippen molar-refractivity contribution >= 4 is 0 Å². The Hall–Kier alpha value is -0.370. The molecule has 12 heavy (non-hydrogen) atoms. The topological polar surface area (TPSA) is 12.0 Å². The minimum atomic E-state index is -0.579. The van der Waals surface area contributed by atoms with Crippen LogP contribution in [0.5, 0.6) is 0 Å². The van der Waals surface area contributed by atoms with E-state index in [1.54, 1.807) is 0 Å². The Bertz CT molecular complexity index is 58.9. The average molecular weight is 177 g/mol. The molecule has 0 spiro atoms. The Morgan fingerprint density at radius 1 is 1.17 bits per heavy atom. The summed E-state index contributed by atoms with van der Waals surface area (Å²) in [6.45, 7) is 16.4. The van der Waals surface area contributed by atoms with Gasteiger partial charge in [-0.2, -0.15) is 0 Å². The summed E-state index contributed by atoms with van der Waals surface area (Å²) in [7, 11) is 0. The minimum absolute atomic E-state index is 0.116. The number of rotatable bonds is 0. The maximum atomic E-state index is 11.8. The van der Waals surface area contributed by atoms with Crippen molar-refractivity contribution in [2.24, 2.45) is 0 Å². The van der Waals surface area contributed by atoms with E-state index in [0.29, 0.717) is 6.54 Å². The van der Waals surface area contributed by atoms with Gasteiger partial charge in [-0.3, -0.25) is 0 Å². The maximum absolute atomic E-state index is 11.8. The maximum Gasteiger partial charge on any atom is 0.127 e. The predicted octanol–water partition coefficient (Wildman–Crippen LogP) is 3.17. The molecule has 1 aliphatic rings. The first-order valence-corrected chi connectivity index (χ1v) is 4.68. The van der Waals surface area contributed by atoms with Crippen molar-refractivity contribution in [3.05, 3.63) is 13.2 Å². The van der Waals surface area contributed by atoms with Gasteiger partial charge in [0.2, 0.25) is 0 Å². The molecule has 0 aromatic heterocycles. The summed E-state index contributed by atoms with van der Waals surface area (Å²) >= 11 is 0. The average Bonchev–Trinajstić information content (AvgIpc) is 2.24. The molecule has 1 rings (SSSR count). The van der Waals surface area contributed by atoms with Crippen molar-refractivity contribution < 1.29 is 4.39 Å². The highest BCUT2D eigenvalue weighted by Gasteiger charge is 2.24. The lowest BCUT2D eigenvalue weighted by Gasteiger charge is -2.28. The van der Waals surface area contributed by atoms with E-state index in [1.165, 1.54) is 0 Å². The van der Waals surface area contributed by atoms with E-state index >= 15 is 0 Å². The van der Waals surface area contributed by atoms with Crippen molar-refractivity contribution in [1.29, 1.82) is 0 Å². The first-order valence-electron chi connectivity index (χ1n) is 4.68. The van der Waals surface area contributed by atoms with Gasteiger partial charge in [-0.15, -0.1) is 13.2 Å². The highest BCUT2D eigenvalue weighted by molar-refractivity contribution is 4.83. The molecule has 0 aromatic rings. The van der Waals surface area contributed by atoms with Crippen LogP contribution < -0.4 is 5.32 Å². The van der Waals surface area contributed by atoms with Crippen molar-refractivity contribution in [3.63, 3.8) is 0 Å². The Labute approximate surface area is 77.1 Å². The molecule has 0 amide bonds. The highest BCUT2D eigenvalue weighted by atomic mass is 19.1. The third-order valence-electron chi connectivity index (χ3n) is 1.18. The summed E-state index contributed by atoms with van der Waals surface area (Å²) in [5.41, 5.74) is 0. The van der Waals surface area contributed by atoms with Gasteiger partial charge in [-0.25, -0.2) is 4.39 Å². The van der Waals surface area contributed by atoms with Gasteiger partial charge in [-0.1, -0.05) is 27.7 Å². The normalized spacial score (nSPS) is 23.8. The zero-order valence-electron chi connectivity index (χ0n) is 9.15. The number of alkyl halides is 1. The van der Waals surface area contributed by atoms with Crippen LogP contribution in [-0.2, 0) is 0 Å². The molecule has 0 radical (unpaired) electrons. The summed E-state index contributed by atoms with van der Waals surface area (Å²) in [5.74, 6) is 0. The van der Waals surface area contributed by atoms with Crippen molar-refractivity contribution in [1.82, 2.24) is 5.32 Å². The summed E-state index contributed by atoms with van der Waals surface area (Å²) in [5, 5.41) is 2.88. The van der Waals surface area contributed by atoms with Crippen LogP contribution in [0.3, 0.4) is 0 Å². The first-order chi connectivity index (χ1) is 5.80. The molecule has 2 heteroatoms. The van der Waals surface area contributed by atoms with E-state index < -0.39 is 6.17 Å². The van der Waals surface area contributed by atoms with Crippen molar-refractivity contribution in [3.8, 4) is 0 Å². The molecule has 0 aromatic carbocycles. The van der Waals surface area contributed by atoms with Gasteiger partial charge in [0.05, 0.1) is 0 Å². The second kappa shape index (κ2) is 16.9. The molecule has 2 atom stereocenters. The van der Waals surface area contributed by atoms with Gasteiger partial charge in [0.15, 0.2) is 0 Å². The third-order valence-corrected chi connectivity index (χ3v) is 1.18. The summed E-state index contributed by atoms with van der Waals surface area (Å²) in [4.78, 5) is 0. The lowest BCUT2D eigenvalue weighted by atomic mass is 10.1. The lowest BCUT2D eigenvalue weighted by Crippen LogP contribution is -2.52. The van der Waals surface area contributed by atoms with Crippen LogP contribution in [0.1, 0.15) is 34.6 Å². The van der Waals surface area contributed by atoms with Crippen LogP contribution in [0, 0.1) is 0 Å². The standard InChI is InChI=1S/C4H8FN.2C2H6.C2H4/c1-3-4(5)2-6-3;3*1-2/h3-4,6H,2H2,1H3;2*1-2H3;1-2H2/t3-,4?;;;/m0.../s1. The molecule has 1 saturated heterocycles. The molecule has 1 nitrogen and oxygen atoms in total. The molecule has 1 N–H and O–H groups in total. The second-order valence-corrected chi connectivity index (χ2v) is 1.71. The molecular weight excluding hydrogens is 153 g/mol. The van der Waals surface area contributed by atoms with E-state index in [9.17, 15) is 4.39 Å². The Morgan fingerprint density at radius 2 is 1.42 bits per heavy atom. The second-order valence-electron chi connectivity index (χ2n) is 1.71. The number of hydrogen-bond acceptors (Lipinski definition) is 1. The summed E-state index contributed by atoms with van der Waals surface area (Å²) < 4.78 is 11.8. The SMILES string of the molecule is C=C.CC.CC.C[C@@H]1NCC1F. The molecule has 1 aliphatic heterocycles. The largest absolute Gasteiger partial charge is 0.308 e. The molecule has 76 valence electrons. The molecule has 0 saturated carbocycles. The van der Waals surface area contributed by atoms with Crippen molar-refractivity contribution in [2.45, 2.75) is 46.8 Å². The fourth-order valence-electron chi connectivity index (χ4n) is 0.443. The zero-order chi connectivity index (χ0) is 10.6. The molecular formula is C10H24FN. The quantitative estimate of drug-likeness (QED) is 0.560. The van der Waals surface area contributed by atoms with Crippen LogP contribution >= 0.6 is 0 Å². The fraction of sp³-hybridized carbons (Fsp3) is 0.800. The lowest BCUT2D eigenvalue weighted by molar-refractivity contribution is 0.171. The van der Waals surface area contributed by atoms with E-state index in [2.05, 4.69) is 18.5 Å². The first kappa shape index (κ1) is 17.6. The minimum Gasteiger partial charge on any atom is -0.308 e. The zero-order valence-corrected chi connectivity index (χ0v) is 9.15. The predicted molar refractivity (Wildman–Crippen MR) is 56.3 cm³/mol. The molecule has 1 heterocycles. The third kappa shape index (κ3) is 9.63. The van der Waals surface area contributed by atoms with E-state index in [1.807, 2.05) is 34.6 Å². The smallest absolute Gasteiger partial charge is 0.127 e. The number of hydrogen-bond donors (Lipinski definition) is 1. The monoisotopic (exact) mass is 177 g/mol. The molecule has 1 unspecified atom stereocenters. The summed E-state index contributed by atoms with van der Waals surface area (Å²) in [6.07, 6.45) is -0.579. The molecule has 1 fully saturated rings.